The van der Waals surface area contributed by atoms with Gasteiger partial charge in [-0.3, -0.25) is 0 Å². The summed E-state index contributed by atoms with van der Waals surface area (Å²) < 4.78 is 2.13. The van der Waals surface area contributed by atoms with Crippen LogP contribution in [0.3, 0.4) is 0 Å². The smallest absolute Gasteiger partial charge is 0.127 e. The molecule has 2 rings (SSSR count). The molecule has 1 aromatic heterocycles. The minimum atomic E-state index is 0.971. The number of aromatic nitrogens is 2. The number of anilines is 1. The molecule has 84 valence electrons. The van der Waals surface area contributed by atoms with Gasteiger partial charge in [0.25, 0.3) is 0 Å². The van der Waals surface area contributed by atoms with Gasteiger partial charge in [0, 0.05) is 18.7 Å². The molecule has 0 fully saturated rings. The van der Waals surface area contributed by atoms with Crippen molar-refractivity contribution in [2.24, 2.45) is 0 Å². The Morgan fingerprint density at radius 3 is 2.93 bits per heavy atom. The molecule has 0 unspecified atom stereocenters. The van der Waals surface area contributed by atoms with Gasteiger partial charge in [0.15, 0.2) is 0 Å². The highest BCUT2D eigenvalue weighted by Crippen LogP contribution is 2.25. The molecule has 0 radical (unpaired) electrons. The maximum absolute atomic E-state index is 4.70. The SMILES string of the molecule is CCCc1nn(CC)c2c1CCCCN2. The van der Waals surface area contributed by atoms with Crippen molar-refractivity contribution in [1.29, 1.82) is 0 Å². The lowest BCUT2D eigenvalue weighted by molar-refractivity contribution is 0.645. The Balaban J connectivity index is 2.35. The fourth-order valence-electron chi connectivity index (χ4n) is 2.31. The summed E-state index contributed by atoms with van der Waals surface area (Å²) in [5.74, 6) is 1.29. The van der Waals surface area contributed by atoms with E-state index in [2.05, 4.69) is 23.8 Å². The summed E-state index contributed by atoms with van der Waals surface area (Å²) in [5.41, 5.74) is 2.81. The van der Waals surface area contributed by atoms with Gasteiger partial charge < -0.3 is 5.32 Å². The number of rotatable bonds is 3. The van der Waals surface area contributed by atoms with Crippen LogP contribution in [0.2, 0.25) is 0 Å². The van der Waals surface area contributed by atoms with Gasteiger partial charge in [-0.1, -0.05) is 13.3 Å². The first-order valence-electron chi connectivity index (χ1n) is 6.19. The van der Waals surface area contributed by atoms with Crippen molar-refractivity contribution in [3.05, 3.63) is 11.3 Å². The second kappa shape index (κ2) is 4.69. The zero-order chi connectivity index (χ0) is 10.7. The largest absolute Gasteiger partial charge is 0.370 e. The maximum Gasteiger partial charge on any atom is 0.127 e. The molecule has 0 aromatic carbocycles. The van der Waals surface area contributed by atoms with E-state index in [1.165, 1.54) is 42.8 Å². The van der Waals surface area contributed by atoms with Crippen LogP contribution < -0.4 is 5.32 Å². The normalized spacial score (nSPS) is 15.6. The van der Waals surface area contributed by atoms with Crippen LogP contribution in [0, 0.1) is 0 Å². The molecule has 0 spiro atoms. The molecular weight excluding hydrogens is 186 g/mol. The average Bonchev–Trinajstić information content (AvgIpc) is 2.45. The molecule has 0 saturated carbocycles. The highest BCUT2D eigenvalue weighted by atomic mass is 15.3. The molecule has 0 amide bonds. The Kier molecular flexibility index (Phi) is 3.29. The number of fused-ring (bicyclic) bond motifs is 1. The number of nitrogens with one attached hydrogen (secondary N) is 1. The Labute approximate surface area is 91.9 Å². The molecule has 15 heavy (non-hydrogen) atoms. The van der Waals surface area contributed by atoms with E-state index in [0.717, 1.165) is 19.5 Å². The number of hydrogen-bond acceptors (Lipinski definition) is 2. The molecule has 0 atom stereocenters. The molecule has 0 saturated heterocycles. The van der Waals surface area contributed by atoms with Crippen LogP contribution >= 0.6 is 0 Å². The van der Waals surface area contributed by atoms with Crippen molar-refractivity contribution < 1.29 is 0 Å². The van der Waals surface area contributed by atoms with Gasteiger partial charge in [0.05, 0.1) is 5.69 Å². The van der Waals surface area contributed by atoms with Crippen LogP contribution in [0.25, 0.3) is 0 Å². The van der Waals surface area contributed by atoms with E-state index >= 15 is 0 Å². The zero-order valence-electron chi connectivity index (χ0n) is 9.84. The molecule has 0 bridgehead atoms. The molecule has 1 N–H and O–H groups in total. The van der Waals surface area contributed by atoms with Crippen molar-refractivity contribution in [2.45, 2.75) is 52.5 Å². The van der Waals surface area contributed by atoms with E-state index in [0.29, 0.717) is 0 Å². The Hall–Kier alpha value is -0.990. The van der Waals surface area contributed by atoms with Gasteiger partial charge in [-0.25, -0.2) is 4.68 Å². The lowest BCUT2D eigenvalue weighted by Gasteiger charge is -2.06. The van der Waals surface area contributed by atoms with E-state index in [1.807, 2.05) is 0 Å². The number of aryl methyl sites for hydroxylation is 2. The third-order valence-electron chi connectivity index (χ3n) is 3.07. The van der Waals surface area contributed by atoms with Crippen molar-refractivity contribution >= 4 is 5.82 Å². The average molecular weight is 207 g/mol. The van der Waals surface area contributed by atoms with E-state index < -0.39 is 0 Å². The van der Waals surface area contributed by atoms with Crippen molar-refractivity contribution in [3.8, 4) is 0 Å². The monoisotopic (exact) mass is 207 g/mol. The van der Waals surface area contributed by atoms with Crippen molar-refractivity contribution in [3.63, 3.8) is 0 Å². The Morgan fingerprint density at radius 2 is 2.20 bits per heavy atom. The van der Waals surface area contributed by atoms with E-state index in [-0.39, 0.29) is 0 Å². The standard InChI is InChI=1S/C12H21N3/c1-3-7-11-10-8-5-6-9-13-12(10)15(4-2)14-11/h13H,3-9H2,1-2H3. The number of hydrogen-bond donors (Lipinski definition) is 1. The second-order valence-electron chi connectivity index (χ2n) is 4.22. The predicted octanol–water partition coefficient (Wildman–Crippen LogP) is 2.60. The van der Waals surface area contributed by atoms with Gasteiger partial charge in [0.2, 0.25) is 0 Å². The Bertz CT molecular complexity index is 328. The summed E-state index contributed by atoms with van der Waals surface area (Å²) in [6.45, 7) is 6.46. The van der Waals surface area contributed by atoms with Gasteiger partial charge in [-0.2, -0.15) is 5.10 Å². The summed E-state index contributed by atoms with van der Waals surface area (Å²) in [4.78, 5) is 0. The highest BCUT2D eigenvalue weighted by Gasteiger charge is 2.17. The molecule has 1 aromatic rings. The van der Waals surface area contributed by atoms with E-state index in [4.69, 9.17) is 5.10 Å². The summed E-state index contributed by atoms with van der Waals surface area (Å²) in [6.07, 6.45) is 6.10. The lowest BCUT2D eigenvalue weighted by Crippen LogP contribution is -2.07. The lowest BCUT2D eigenvalue weighted by atomic mass is 10.1. The van der Waals surface area contributed by atoms with Gasteiger partial charge in [-0.05, 0) is 32.6 Å². The van der Waals surface area contributed by atoms with E-state index in [1.54, 1.807) is 0 Å². The molecule has 3 nitrogen and oxygen atoms in total. The fourth-order valence-corrected chi connectivity index (χ4v) is 2.31. The number of nitrogens with zero attached hydrogens (tertiary/aromatic N) is 2. The van der Waals surface area contributed by atoms with Crippen LogP contribution in [0.4, 0.5) is 5.82 Å². The quantitative estimate of drug-likeness (QED) is 0.825. The summed E-state index contributed by atoms with van der Waals surface area (Å²) in [5, 5.41) is 8.22. The fraction of sp³-hybridized carbons (Fsp3) is 0.750. The van der Waals surface area contributed by atoms with Gasteiger partial charge >= 0.3 is 0 Å². The Morgan fingerprint density at radius 1 is 1.33 bits per heavy atom. The maximum atomic E-state index is 4.70. The first kappa shape index (κ1) is 10.5. The predicted molar refractivity (Wildman–Crippen MR) is 63.3 cm³/mol. The molecule has 1 aliphatic heterocycles. The molecule has 2 heterocycles. The van der Waals surface area contributed by atoms with Crippen molar-refractivity contribution in [2.75, 3.05) is 11.9 Å². The van der Waals surface area contributed by atoms with Crippen LogP contribution in [0.1, 0.15) is 44.4 Å². The second-order valence-corrected chi connectivity index (χ2v) is 4.22. The van der Waals surface area contributed by atoms with E-state index in [9.17, 15) is 0 Å². The van der Waals surface area contributed by atoms with Crippen LogP contribution in [0.15, 0.2) is 0 Å². The summed E-state index contributed by atoms with van der Waals surface area (Å²) >= 11 is 0. The third kappa shape index (κ3) is 2.01. The summed E-state index contributed by atoms with van der Waals surface area (Å²) in [6, 6.07) is 0. The molecule has 0 aliphatic carbocycles. The molecule has 3 heteroatoms. The first-order valence-corrected chi connectivity index (χ1v) is 6.19. The molecule has 1 aliphatic rings. The minimum absolute atomic E-state index is 0.971. The first-order chi connectivity index (χ1) is 7.36. The van der Waals surface area contributed by atoms with Crippen LogP contribution in [-0.4, -0.2) is 16.3 Å². The highest BCUT2D eigenvalue weighted by molar-refractivity contribution is 5.49. The van der Waals surface area contributed by atoms with Crippen LogP contribution in [-0.2, 0) is 19.4 Å². The summed E-state index contributed by atoms with van der Waals surface area (Å²) in [7, 11) is 0. The topological polar surface area (TPSA) is 29.9 Å². The van der Waals surface area contributed by atoms with Gasteiger partial charge in [-0.15, -0.1) is 0 Å². The van der Waals surface area contributed by atoms with Gasteiger partial charge in [0.1, 0.15) is 5.82 Å². The van der Waals surface area contributed by atoms with Crippen LogP contribution in [0.5, 0.6) is 0 Å². The zero-order valence-corrected chi connectivity index (χ0v) is 9.84. The van der Waals surface area contributed by atoms with Crippen molar-refractivity contribution in [1.82, 2.24) is 9.78 Å². The third-order valence-corrected chi connectivity index (χ3v) is 3.07. The molecular formula is C12H21N3. The minimum Gasteiger partial charge on any atom is -0.370 e.